The van der Waals surface area contributed by atoms with Crippen LogP contribution in [-0.4, -0.2) is 12.7 Å². The maximum absolute atomic E-state index is 5.92. The molecule has 0 aliphatic carbocycles. The van der Waals surface area contributed by atoms with Gasteiger partial charge in [0.15, 0.2) is 0 Å². The number of methoxy groups -OCH3 is 1. The molecule has 1 aromatic heterocycles. The number of fused-ring (bicyclic) bond motifs is 1. The van der Waals surface area contributed by atoms with Gasteiger partial charge in [0.2, 0.25) is 0 Å². The van der Waals surface area contributed by atoms with Crippen molar-refractivity contribution in [2.24, 2.45) is 5.84 Å². The van der Waals surface area contributed by atoms with Crippen LogP contribution in [0.2, 0.25) is 0 Å². The second-order valence-corrected chi connectivity index (χ2v) is 6.38. The number of furan rings is 1. The molecule has 0 saturated heterocycles. The van der Waals surface area contributed by atoms with Crippen molar-refractivity contribution in [3.63, 3.8) is 0 Å². The number of nitrogens with one attached hydrogen (secondary N) is 1. The summed E-state index contributed by atoms with van der Waals surface area (Å²) in [5, 5.41) is 1.07. The van der Waals surface area contributed by atoms with E-state index in [1.807, 2.05) is 24.3 Å². The molecule has 0 aliphatic rings. The number of benzene rings is 1. The molecular weight excluding hydrogens is 320 g/mol. The minimum atomic E-state index is -0.165. The van der Waals surface area contributed by atoms with Crippen LogP contribution in [0.1, 0.15) is 38.5 Å². The van der Waals surface area contributed by atoms with Crippen LogP contribution in [0.25, 0.3) is 11.0 Å². The molecule has 0 bridgehead atoms. The third-order valence-corrected chi connectivity index (χ3v) is 4.27. The molecule has 2 aromatic rings. The Hall–Kier alpha value is -0.880. The van der Waals surface area contributed by atoms with Gasteiger partial charge in [-0.1, -0.05) is 12.1 Å². The van der Waals surface area contributed by atoms with Crippen molar-refractivity contribution in [2.45, 2.75) is 38.3 Å². The quantitative estimate of drug-likeness (QED) is 0.618. The van der Waals surface area contributed by atoms with Gasteiger partial charge in [-0.25, -0.2) is 5.43 Å². The Bertz CT molecular complexity index is 580. The summed E-state index contributed by atoms with van der Waals surface area (Å²) in [6.07, 6.45) is 1.73. The van der Waals surface area contributed by atoms with Crippen molar-refractivity contribution in [1.29, 1.82) is 0 Å². The van der Waals surface area contributed by atoms with Crippen LogP contribution in [-0.2, 0) is 4.74 Å². The fraction of sp³-hybridized carbons (Fsp3) is 0.467. The average molecular weight is 341 g/mol. The molecule has 1 heterocycles. The zero-order valence-electron chi connectivity index (χ0n) is 12.1. The van der Waals surface area contributed by atoms with E-state index in [0.29, 0.717) is 0 Å². The first-order valence-corrected chi connectivity index (χ1v) is 7.45. The summed E-state index contributed by atoms with van der Waals surface area (Å²) in [4.78, 5) is 0. The summed E-state index contributed by atoms with van der Waals surface area (Å²) in [6.45, 7) is 4.13. The van der Waals surface area contributed by atoms with Crippen LogP contribution in [0.4, 0.5) is 0 Å². The van der Waals surface area contributed by atoms with Gasteiger partial charge < -0.3 is 9.15 Å². The predicted molar refractivity (Wildman–Crippen MR) is 84.3 cm³/mol. The van der Waals surface area contributed by atoms with Crippen LogP contribution in [0.5, 0.6) is 0 Å². The fourth-order valence-corrected chi connectivity index (χ4v) is 2.58. The molecule has 0 amide bonds. The Morgan fingerprint density at radius 3 is 2.80 bits per heavy atom. The second kappa shape index (κ2) is 6.26. The first-order valence-electron chi connectivity index (χ1n) is 6.66. The van der Waals surface area contributed by atoms with Crippen molar-refractivity contribution in [2.75, 3.05) is 7.11 Å². The monoisotopic (exact) mass is 340 g/mol. The molecule has 3 N–H and O–H groups in total. The number of rotatable bonds is 6. The molecule has 20 heavy (non-hydrogen) atoms. The van der Waals surface area contributed by atoms with E-state index in [1.165, 1.54) is 0 Å². The Kier molecular flexibility index (Phi) is 4.86. The van der Waals surface area contributed by atoms with E-state index in [0.717, 1.165) is 34.0 Å². The van der Waals surface area contributed by atoms with Crippen LogP contribution >= 0.6 is 15.9 Å². The topological polar surface area (TPSA) is 60.4 Å². The zero-order chi connectivity index (χ0) is 14.8. The number of nitrogens with two attached hydrogens (primary N) is 1. The Morgan fingerprint density at radius 1 is 1.45 bits per heavy atom. The van der Waals surface area contributed by atoms with E-state index in [-0.39, 0.29) is 11.6 Å². The van der Waals surface area contributed by atoms with Gasteiger partial charge in [0.25, 0.3) is 0 Å². The predicted octanol–water partition coefficient (Wildman–Crippen LogP) is 3.90. The van der Waals surface area contributed by atoms with Crippen LogP contribution in [0, 0.1) is 0 Å². The molecule has 110 valence electrons. The number of halogens is 1. The third-order valence-electron chi connectivity index (χ3n) is 3.65. The van der Waals surface area contributed by atoms with Crippen LogP contribution in [0.15, 0.2) is 33.2 Å². The van der Waals surface area contributed by atoms with Crippen molar-refractivity contribution < 1.29 is 9.15 Å². The summed E-state index contributed by atoms with van der Waals surface area (Å²) in [5.74, 6) is 6.52. The molecule has 4 nitrogen and oxygen atoms in total. The van der Waals surface area contributed by atoms with Crippen molar-refractivity contribution in [3.05, 3.63) is 34.5 Å². The summed E-state index contributed by atoms with van der Waals surface area (Å²) in [7, 11) is 1.73. The molecule has 2 rings (SSSR count). The molecule has 1 atom stereocenters. The third kappa shape index (κ3) is 3.41. The average Bonchev–Trinajstić information content (AvgIpc) is 2.85. The Balaban J connectivity index is 2.19. The SMILES string of the molecule is COC(C)(C)CCC(NN)c1cc2cccc(Br)c2o1. The van der Waals surface area contributed by atoms with Crippen molar-refractivity contribution >= 4 is 26.9 Å². The Morgan fingerprint density at radius 2 is 2.20 bits per heavy atom. The summed E-state index contributed by atoms with van der Waals surface area (Å²) in [5.41, 5.74) is 3.52. The van der Waals surface area contributed by atoms with E-state index >= 15 is 0 Å². The second-order valence-electron chi connectivity index (χ2n) is 5.53. The van der Waals surface area contributed by atoms with Gasteiger partial charge >= 0.3 is 0 Å². The molecular formula is C15H21BrN2O2. The molecule has 0 saturated carbocycles. The van der Waals surface area contributed by atoms with Crippen LogP contribution in [0.3, 0.4) is 0 Å². The minimum Gasteiger partial charge on any atom is -0.458 e. The number of hydrazine groups is 1. The van der Waals surface area contributed by atoms with E-state index in [1.54, 1.807) is 7.11 Å². The highest BCUT2D eigenvalue weighted by molar-refractivity contribution is 9.10. The highest BCUT2D eigenvalue weighted by Crippen LogP contribution is 2.32. The standard InChI is InChI=1S/C15H21BrN2O2/c1-15(2,19-3)8-7-12(18-17)13-9-10-5-4-6-11(16)14(10)20-13/h4-6,9,12,18H,7-8,17H2,1-3H3. The highest BCUT2D eigenvalue weighted by atomic mass is 79.9. The van der Waals surface area contributed by atoms with Gasteiger partial charge in [-0.3, -0.25) is 5.84 Å². The van der Waals surface area contributed by atoms with Gasteiger partial charge in [-0.15, -0.1) is 0 Å². The molecule has 1 unspecified atom stereocenters. The highest BCUT2D eigenvalue weighted by Gasteiger charge is 2.22. The maximum Gasteiger partial charge on any atom is 0.148 e. The first kappa shape index (κ1) is 15.5. The zero-order valence-corrected chi connectivity index (χ0v) is 13.7. The molecule has 5 heteroatoms. The van der Waals surface area contributed by atoms with Crippen LogP contribution < -0.4 is 11.3 Å². The maximum atomic E-state index is 5.92. The molecule has 0 fully saturated rings. The van der Waals surface area contributed by atoms with Gasteiger partial charge in [0.1, 0.15) is 11.3 Å². The number of ether oxygens (including phenoxy) is 1. The van der Waals surface area contributed by atoms with Gasteiger partial charge in [0, 0.05) is 12.5 Å². The summed E-state index contributed by atoms with van der Waals surface area (Å²) < 4.78 is 12.3. The molecule has 0 spiro atoms. The van der Waals surface area contributed by atoms with Gasteiger partial charge in [-0.2, -0.15) is 0 Å². The van der Waals surface area contributed by atoms with Gasteiger partial charge in [-0.05, 0) is 54.8 Å². The lowest BCUT2D eigenvalue weighted by atomic mass is 9.98. The van der Waals surface area contributed by atoms with E-state index < -0.39 is 0 Å². The lowest BCUT2D eigenvalue weighted by Crippen LogP contribution is -2.31. The summed E-state index contributed by atoms with van der Waals surface area (Å²) >= 11 is 3.50. The largest absolute Gasteiger partial charge is 0.458 e. The van der Waals surface area contributed by atoms with Gasteiger partial charge in [0.05, 0.1) is 16.1 Å². The lowest BCUT2D eigenvalue weighted by molar-refractivity contribution is 0.0112. The first-order chi connectivity index (χ1) is 9.46. The normalized spacial score (nSPS) is 13.8. The lowest BCUT2D eigenvalue weighted by Gasteiger charge is -2.24. The van der Waals surface area contributed by atoms with E-state index in [2.05, 4.69) is 35.2 Å². The van der Waals surface area contributed by atoms with Crippen molar-refractivity contribution in [3.8, 4) is 0 Å². The van der Waals surface area contributed by atoms with Crippen molar-refractivity contribution in [1.82, 2.24) is 5.43 Å². The minimum absolute atomic E-state index is 0.0243. The van der Waals surface area contributed by atoms with E-state index in [9.17, 15) is 0 Å². The molecule has 0 aliphatic heterocycles. The number of hydrogen-bond acceptors (Lipinski definition) is 4. The fourth-order valence-electron chi connectivity index (χ4n) is 2.12. The van der Waals surface area contributed by atoms with E-state index in [4.69, 9.17) is 15.0 Å². The smallest absolute Gasteiger partial charge is 0.148 e. The Labute approximate surface area is 127 Å². The molecule has 0 radical (unpaired) electrons. The molecule has 1 aromatic carbocycles. The number of hydrogen-bond donors (Lipinski definition) is 2. The summed E-state index contributed by atoms with van der Waals surface area (Å²) in [6, 6.07) is 7.99. The number of para-hydroxylation sites is 1.